The Morgan fingerprint density at radius 1 is 1.03 bits per heavy atom. The number of anilines is 1. The number of pyridine rings is 1. The molecule has 3 heterocycles. The molecule has 184 valence electrons. The van der Waals surface area contributed by atoms with Crippen LogP contribution in [0.25, 0.3) is 16.8 Å². The number of benzene rings is 2. The molecule has 3 aromatic heterocycles. The van der Waals surface area contributed by atoms with Crippen LogP contribution in [-0.2, 0) is 7.05 Å². The summed E-state index contributed by atoms with van der Waals surface area (Å²) in [5.74, 6) is -0.156. The number of nitrogens with one attached hydrogen (secondary N) is 2. The summed E-state index contributed by atoms with van der Waals surface area (Å²) in [6, 6.07) is 13.1. The Hall–Kier alpha value is -5.32. The molecule has 5 aromatic rings. The van der Waals surface area contributed by atoms with Crippen LogP contribution in [0.3, 0.4) is 0 Å². The van der Waals surface area contributed by atoms with E-state index in [9.17, 15) is 18.8 Å². The van der Waals surface area contributed by atoms with Gasteiger partial charge in [-0.1, -0.05) is 0 Å². The number of carbonyl (C=O) groups excluding carboxylic acids is 1. The number of aromatic nitrogens is 5. The van der Waals surface area contributed by atoms with Crippen LogP contribution in [0.4, 0.5) is 10.1 Å². The maximum atomic E-state index is 13.2. The van der Waals surface area contributed by atoms with E-state index in [1.807, 2.05) is 13.2 Å². The van der Waals surface area contributed by atoms with E-state index >= 15 is 0 Å². The Balaban J connectivity index is 1.34. The van der Waals surface area contributed by atoms with Gasteiger partial charge >= 0.3 is 5.69 Å². The van der Waals surface area contributed by atoms with Crippen LogP contribution in [0.5, 0.6) is 11.5 Å². The van der Waals surface area contributed by atoms with Crippen LogP contribution >= 0.6 is 0 Å². The highest BCUT2D eigenvalue weighted by molar-refractivity contribution is 6.03. The Morgan fingerprint density at radius 3 is 2.49 bits per heavy atom. The van der Waals surface area contributed by atoms with Gasteiger partial charge in [0.15, 0.2) is 0 Å². The van der Waals surface area contributed by atoms with Gasteiger partial charge in [0.25, 0.3) is 11.5 Å². The first-order valence-corrected chi connectivity index (χ1v) is 11.0. The van der Waals surface area contributed by atoms with E-state index < -0.39 is 23.0 Å². The number of nitrogens with zero attached hydrogens (tertiary/aromatic N) is 4. The zero-order valence-electron chi connectivity index (χ0n) is 19.4. The number of aryl methyl sites for hydroxylation is 1. The fraction of sp³-hybridized carbons (Fsp3) is 0.0385. The second kappa shape index (κ2) is 9.74. The molecule has 0 aliphatic rings. The molecule has 0 aliphatic carbocycles. The van der Waals surface area contributed by atoms with Crippen molar-refractivity contribution in [2.45, 2.75) is 0 Å². The summed E-state index contributed by atoms with van der Waals surface area (Å²) >= 11 is 0. The van der Waals surface area contributed by atoms with Crippen LogP contribution in [0, 0.1) is 5.82 Å². The minimum atomic E-state index is -0.839. The zero-order valence-corrected chi connectivity index (χ0v) is 19.4. The third-order valence-corrected chi connectivity index (χ3v) is 5.44. The highest BCUT2D eigenvalue weighted by atomic mass is 19.1. The lowest BCUT2D eigenvalue weighted by Crippen LogP contribution is -2.38. The molecule has 5 rings (SSSR count). The Bertz CT molecular complexity index is 1710. The number of rotatable bonds is 6. The monoisotopic (exact) mass is 498 g/mol. The quantitative estimate of drug-likeness (QED) is 0.369. The summed E-state index contributed by atoms with van der Waals surface area (Å²) in [6.07, 6.45) is 7.91. The molecule has 0 atom stereocenters. The van der Waals surface area contributed by atoms with Gasteiger partial charge in [0.2, 0.25) is 0 Å². The van der Waals surface area contributed by atoms with Crippen molar-refractivity contribution < 1.29 is 13.9 Å². The average Bonchev–Trinajstić information content (AvgIpc) is 3.32. The van der Waals surface area contributed by atoms with Gasteiger partial charge < -0.3 is 15.0 Å². The lowest BCUT2D eigenvalue weighted by Gasteiger charge is -2.11. The van der Waals surface area contributed by atoms with Gasteiger partial charge in [0.05, 0.1) is 11.9 Å². The van der Waals surface area contributed by atoms with E-state index in [2.05, 4.69) is 20.4 Å². The summed E-state index contributed by atoms with van der Waals surface area (Å²) in [4.78, 5) is 44.4. The molecule has 37 heavy (non-hydrogen) atoms. The van der Waals surface area contributed by atoms with Crippen molar-refractivity contribution >= 4 is 11.6 Å². The van der Waals surface area contributed by atoms with Gasteiger partial charge in [0, 0.05) is 48.6 Å². The molecule has 0 saturated heterocycles. The first kappa shape index (κ1) is 23.4. The summed E-state index contributed by atoms with van der Waals surface area (Å²) in [7, 11) is 1.82. The fourth-order valence-corrected chi connectivity index (χ4v) is 3.64. The zero-order chi connectivity index (χ0) is 25.9. The van der Waals surface area contributed by atoms with E-state index in [4.69, 9.17) is 4.74 Å². The third kappa shape index (κ3) is 4.91. The van der Waals surface area contributed by atoms with Crippen molar-refractivity contribution in [2.24, 2.45) is 7.05 Å². The number of amides is 1. The molecular formula is C26H19FN6O4. The normalized spacial score (nSPS) is 10.8. The van der Waals surface area contributed by atoms with E-state index in [0.29, 0.717) is 17.2 Å². The highest BCUT2D eigenvalue weighted by Gasteiger charge is 2.16. The smallest absolute Gasteiger partial charge is 0.333 e. The van der Waals surface area contributed by atoms with Gasteiger partial charge in [-0.25, -0.2) is 13.8 Å². The van der Waals surface area contributed by atoms with Crippen LogP contribution in [-0.4, -0.2) is 30.2 Å². The number of aromatic amines is 1. The molecule has 0 saturated carbocycles. The SMILES string of the molecule is Cn1cc(-c2cnccc2Oc2ccc(NC(=O)c3c[nH]c(=O)n(-c4ccc(F)cc4)c3=O)cc2)cn1. The van der Waals surface area contributed by atoms with Crippen molar-refractivity contribution in [1.29, 1.82) is 0 Å². The van der Waals surface area contributed by atoms with E-state index in [-0.39, 0.29) is 11.3 Å². The first-order valence-electron chi connectivity index (χ1n) is 11.0. The fourth-order valence-electron chi connectivity index (χ4n) is 3.64. The molecule has 0 unspecified atom stereocenters. The predicted octanol–water partition coefficient (Wildman–Crippen LogP) is 3.51. The minimum Gasteiger partial charge on any atom is -0.457 e. The topological polar surface area (TPSA) is 124 Å². The van der Waals surface area contributed by atoms with Crippen molar-refractivity contribution in [3.05, 3.63) is 118 Å². The minimum absolute atomic E-state index is 0.130. The van der Waals surface area contributed by atoms with Crippen LogP contribution in [0.1, 0.15) is 10.4 Å². The second-order valence-electron chi connectivity index (χ2n) is 7.98. The third-order valence-electron chi connectivity index (χ3n) is 5.44. The predicted molar refractivity (Wildman–Crippen MR) is 134 cm³/mol. The van der Waals surface area contributed by atoms with E-state index in [1.165, 1.54) is 12.1 Å². The van der Waals surface area contributed by atoms with Gasteiger partial charge in [-0.15, -0.1) is 0 Å². The number of ether oxygens (including phenoxy) is 1. The standard InChI is InChI=1S/C26H19FN6O4/c1-32-15-16(12-30-32)21-13-28-11-10-23(21)37-20-8-4-18(5-9-20)31-24(34)22-14-29-26(36)33(25(22)35)19-6-2-17(27)3-7-19/h2-15H,1H3,(H,29,36)(H,31,34). The number of halogens is 1. The molecule has 2 aromatic carbocycles. The van der Waals surface area contributed by atoms with Crippen LogP contribution < -0.4 is 21.3 Å². The molecule has 0 aliphatic heterocycles. The summed E-state index contributed by atoms with van der Waals surface area (Å²) in [5.41, 5.74) is 0.265. The molecule has 0 radical (unpaired) electrons. The first-order chi connectivity index (χ1) is 17.9. The largest absolute Gasteiger partial charge is 0.457 e. The molecule has 0 fully saturated rings. The maximum Gasteiger partial charge on any atom is 0.333 e. The Morgan fingerprint density at radius 2 is 1.78 bits per heavy atom. The Labute approximate surface area is 208 Å². The van der Waals surface area contributed by atoms with Gasteiger partial charge in [-0.05, 0) is 54.6 Å². The molecule has 11 heteroatoms. The summed E-state index contributed by atoms with van der Waals surface area (Å²) in [6.45, 7) is 0. The molecular weight excluding hydrogens is 479 g/mol. The molecule has 1 amide bonds. The van der Waals surface area contributed by atoms with Gasteiger partial charge in [-0.2, -0.15) is 5.10 Å². The molecule has 0 spiro atoms. The van der Waals surface area contributed by atoms with E-state index in [1.54, 1.807) is 53.6 Å². The second-order valence-corrected chi connectivity index (χ2v) is 7.98. The number of H-pyrrole nitrogens is 1. The van der Waals surface area contributed by atoms with Gasteiger partial charge in [0.1, 0.15) is 22.9 Å². The number of carbonyl (C=O) groups is 1. The lowest BCUT2D eigenvalue weighted by atomic mass is 10.1. The van der Waals surface area contributed by atoms with Crippen molar-refractivity contribution in [2.75, 3.05) is 5.32 Å². The van der Waals surface area contributed by atoms with E-state index in [0.717, 1.165) is 34.0 Å². The van der Waals surface area contributed by atoms with Crippen molar-refractivity contribution in [3.63, 3.8) is 0 Å². The number of hydrogen-bond acceptors (Lipinski definition) is 6. The lowest BCUT2D eigenvalue weighted by molar-refractivity contribution is 0.102. The van der Waals surface area contributed by atoms with Gasteiger partial charge in [-0.3, -0.25) is 19.3 Å². The molecule has 2 N–H and O–H groups in total. The van der Waals surface area contributed by atoms with Crippen molar-refractivity contribution in [1.82, 2.24) is 24.3 Å². The average molecular weight is 498 g/mol. The van der Waals surface area contributed by atoms with Crippen molar-refractivity contribution in [3.8, 4) is 28.3 Å². The molecule has 0 bridgehead atoms. The molecule has 10 nitrogen and oxygen atoms in total. The summed E-state index contributed by atoms with van der Waals surface area (Å²) < 4.78 is 21.7. The maximum absolute atomic E-state index is 13.2. The van der Waals surface area contributed by atoms with Crippen LogP contribution in [0.15, 0.2) is 95.2 Å². The number of hydrogen-bond donors (Lipinski definition) is 2. The van der Waals surface area contributed by atoms with Crippen LogP contribution in [0.2, 0.25) is 0 Å². The summed E-state index contributed by atoms with van der Waals surface area (Å²) in [5, 5.41) is 6.80. The highest BCUT2D eigenvalue weighted by Crippen LogP contribution is 2.32. The Kier molecular flexibility index (Phi) is 6.17.